The molecule has 2 bridgehead atoms. The molecule has 5 rings (SSSR count). The number of carbonyl (C=O) groups is 2. The minimum Gasteiger partial charge on any atom is -0.295 e. The van der Waals surface area contributed by atoms with Gasteiger partial charge in [0.1, 0.15) is 0 Å². The summed E-state index contributed by atoms with van der Waals surface area (Å²) in [4.78, 5) is 32.2. The maximum Gasteiger partial charge on any atom is 0.320 e. The van der Waals surface area contributed by atoms with Crippen molar-refractivity contribution >= 4 is 35.3 Å². The van der Waals surface area contributed by atoms with Crippen LogP contribution in [-0.2, 0) is 20.1 Å². The molecule has 2 aromatic carbocycles. The highest BCUT2D eigenvalue weighted by Gasteiger charge is 2.67. The molecule has 6 nitrogen and oxygen atoms in total. The van der Waals surface area contributed by atoms with Gasteiger partial charge in [0, 0.05) is 23.2 Å². The van der Waals surface area contributed by atoms with Crippen LogP contribution in [0.25, 0.3) is 0 Å². The first-order chi connectivity index (χ1) is 12.0. The molecule has 124 valence electrons. The number of halogens is 1. The van der Waals surface area contributed by atoms with Crippen LogP contribution in [0.4, 0.5) is 5.69 Å². The molecular formula is C18H12ClN3O3. The molecule has 3 heterocycles. The molecule has 25 heavy (non-hydrogen) atoms. The first kappa shape index (κ1) is 14.6. The Morgan fingerprint density at radius 1 is 1.08 bits per heavy atom. The van der Waals surface area contributed by atoms with Crippen molar-refractivity contribution < 1.29 is 14.3 Å². The van der Waals surface area contributed by atoms with E-state index in [1.165, 1.54) is 23.1 Å². The lowest BCUT2D eigenvalue weighted by molar-refractivity contribution is -0.157. The quantitative estimate of drug-likeness (QED) is 0.738. The molecule has 7 heteroatoms. The molecule has 2 atom stereocenters. The van der Waals surface area contributed by atoms with E-state index in [0.717, 1.165) is 5.56 Å². The first-order valence-electron chi connectivity index (χ1n) is 7.74. The zero-order chi connectivity index (χ0) is 17.4. The highest BCUT2D eigenvalue weighted by molar-refractivity contribution is 6.44. The highest BCUT2D eigenvalue weighted by Crippen LogP contribution is 2.55. The van der Waals surface area contributed by atoms with E-state index < -0.39 is 23.4 Å². The number of nitrogens with zero attached hydrogens (tertiary/aromatic N) is 3. The van der Waals surface area contributed by atoms with Gasteiger partial charge in [-0.2, -0.15) is 0 Å². The van der Waals surface area contributed by atoms with Gasteiger partial charge in [0.15, 0.2) is 0 Å². The van der Waals surface area contributed by atoms with Crippen molar-refractivity contribution in [3.63, 3.8) is 0 Å². The molecule has 3 aliphatic rings. The number of hydrogen-bond donors (Lipinski definition) is 0. The number of carbonyl (C=O) groups excluding carboxylic acids is 2. The van der Waals surface area contributed by atoms with E-state index in [0.29, 0.717) is 16.3 Å². The van der Waals surface area contributed by atoms with Crippen molar-refractivity contribution in [2.24, 2.45) is 4.99 Å². The van der Waals surface area contributed by atoms with Crippen molar-refractivity contribution in [1.82, 2.24) is 4.90 Å². The number of aliphatic imine (C=N–C) groups is 1. The summed E-state index contributed by atoms with van der Waals surface area (Å²) in [5.41, 5.74) is 0.843. The summed E-state index contributed by atoms with van der Waals surface area (Å²) in [6, 6.07) is 14.6. The Kier molecular flexibility index (Phi) is 2.62. The number of rotatable bonds is 1. The lowest BCUT2D eigenvalue weighted by Crippen LogP contribution is -2.59. The van der Waals surface area contributed by atoms with Crippen LogP contribution in [0.5, 0.6) is 0 Å². The van der Waals surface area contributed by atoms with Crippen molar-refractivity contribution in [2.45, 2.75) is 11.6 Å². The SMILES string of the molecule is CN1C(=O)C(=O)N2c3ccc(Cl)cc3C3(c4ccccc4)N=CC12O3. The maximum atomic E-state index is 12.6. The van der Waals surface area contributed by atoms with Crippen LogP contribution >= 0.6 is 11.6 Å². The molecule has 0 saturated carbocycles. The summed E-state index contributed by atoms with van der Waals surface area (Å²) < 4.78 is 6.35. The number of ether oxygens (including phenoxy) is 1. The Bertz CT molecular complexity index is 977. The third-order valence-electron chi connectivity index (χ3n) is 4.93. The zero-order valence-corrected chi connectivity index (χ0v) is 13.9. The highest BCUT2D eigenvalue weighted by atomic mass is 35.5. The van der Waals surface area contributed by atoms with Gasteiger partial charge < -0.3 is 0 Å². The standard InChI is InChI=1S/C18H12ClN3O3/c1-21-15(23)16(24)22-14-8-7-12(19)9-13(14)18(11-5-3-2-4-6-11)20-10-17(21,22)25-18/h2-10H,1H3. The maximum absolute atomic E-state index is 12.6. The van der Waals surface area contributed by atoms with Gasteiger partial charge in [0.05, 0.1) is 11.9 Å². The van der Waals surface area contributed by atoms with Crippen LogP contribution in [0.1, 0.15) is 11.1 Å². The van der Waals surface area contributed by atoms with Gasteiger partial charge in [-0.3, -0.25) is 24.1 Å². The molecule has 0 aliphatic carbocycles. The van der Waals surface area contributed by atoms with E-state index in [2.05, 4.69) is 4.99 Å². The number of hydrogen-bond acceptors (Lipinski definition) is 4. The number of likely N-dealkylation sites (N-methyl/N-ethyl adjacent to an activating group) is 1. The van der Waals surface area contributed by atoms with Crippen LogP contribution in [0, 0.1) is 0 Å². The minimum atomic E-state index is -1.36. The largest absolute Gasteiger partial charge is 0.320 e. The molecule has 0 N–H and O–H groups in total. The monoisotopic (exact) mass is 353 g/mol. The van der Waals surface area contributed by atoms with E-state index >= 15 is 0 Å². The van der Waals surface area contributed by atoms with E-state index in [-0.39, 0.29) is 0 Å². The lowest BCUT2D eigenvalue weighted by atomic mass is 9.92. The smallest absolute Gasteiger partial charge is 0.295 e. The third-order valence-corrected chi connectivity index (χ3v) is 5.17. The molecule has 1 saturated heterocycles. The van der Waals surface area contributed by atoms with Crippen LogP contribution in [-0.4, -0.2) is 35.8 Å². The molecule has 1 fully saturated rings. The van der Waals surface area contributed by atoms with Gasteiger partial charge in [0.25, 0.3) is 5.85 Å². The number of anilines is 1. The second kappa shape index (κ2) is 4.47. The molecular weight excluding hydrogens is 342 g/mol. The molecule has 2 amide bonds. The second-order valence-corrected chi connectivity index (χ2v) is 6.63. The Morgan fingerprint density at radius 2 is 1.84 bits per heavy atom. The van der Waals surface area contributed by atoms with Crippen LogP contribution in [0.3, 0.4) is 0 Å². The zero-order valence-electron chi connectivity index (χ0n) is 13.1. The van der Waals surface area contributed by atoms with E-state index in [1.54, 1.807) is 18.2 Å². The molecule has 0 radical (unpaired) electrons. The summed E-state index contributed by atoms with van der Waals surface area (Å²) in [5, 5.41) is 0.499. The van der Waals surface area contributed by atoms with Gasteiger partial charge in [-0.15, -0.1) is 0 Å². The Hall–Kier alpha value is -2.70. The fraction of sp³-hybridized carbons (Fsp3) is 0.167. The number of amides is 2. The normalized spacial score (nSPS) is 29.2. The van der Waals surface area contributed by atoms with E-state index in [4.69, 9.17) is 16.3 Å². The fourth-order valence-electron chi connectivity index (χ4n) is 3.72. The van der Waals surface area contributed by atoms with Crippen LogP contribution in [0.2, 0.25) is 5.02 Å². The van der Waals surface area contributed by atoms with Crippen molar-refractivity contribution in [1.29, 1.82) is 0 Å². The average Bonchev–Trinajstić information content (AvgIpc) is 3.08. The van der Waals surface area contributed by atoms with E-state index in [1.807, 2.05) is 30.3 Å². The average molecular weight is 354 g/mol. The first-order valence-corrected chi connectivity index (χ1v) is 8.12. The summed E-state index contributed by atoms with van der Waals surface area (Å²) in [7, 11) is 1.54. The van der Waals surface area contributed by atoms with Gasteiger partial charge in [-0.1, -0.05) is 41.9 Å². The molecule has 2 unspecified atom stereocenters. The predicted molar refractivity (Wildman–Crippen MR) is 91.2 cm³/mol. The Labute approximate surface area is 148 Å². The number of benzene rings is 2. The number of fused-ring (bicyclic) bond motifs is 4. The summed E-state index contributed by atoms with van der Waals surface area (Å²) in [6.07, 6.45) is 1.52. The Balaban J connectivity index is 1.86. The fourth-order valence-corrected chi connectivity index (χ4v) is 3.89. The summed E-state index contributed by atoms with van der Waals surface area (Å²) in [5.74, 6) is -2.65. The van der Waals surface area contributed by atoms with Crippen molar-refractivity contribution in [2.75, 3.05) is 11.9 Å². The predicted octanol–water partition coefficient (Wildman–Crippen LogP) is 2.11. The summed E-state index contributed by atoms with van der Waals surface area (Å²) in [6.45, 7) is 0. The van der Waals surface area contributed by atoms with Crippen LogP contribution in [0.15, 0.2) is 53.5 Å². The van der Waals surface area contributed by atoms with Gasteiger partial charge in [-0.25, -0.2) is 4.99 Å². The van der Waals surface area contributed by atoms with Crippen LogP contribution < -0.4 is 4.90 Å². The molecule has 2 aromatic rings. The lowest BCUT2D eigenvalue weighted by Gasteiger charge is -2.44. The van der Waals surface area contributed by atoms with Gasteiger partial charge in [-0.05, 0) is 18.2 Å². The van der Waals surface area contributed by atoms with Crippen molar-refractivity contribution in [3.8, 4) is 0 Å². The van der Waals surface area contributed by atoms with Crippen molar-refractivity contribution in [3.05, 3.63) is 64.7 Å². The molecule has 0 aromatic heterocycles. The Morgan fingerprint density at radius 3 is 2.60 bits per heavy atom. The third kappa shape index (κ3) is 1.56. The second-order valence-electron chi connectivity index (χ2n) is 6.20. The minimum absolute atomic E-state index is 0.499. The van der Waals surface area contributed by atoms with Gasteiger partial charge in [0.2, 0.25) is 5.72 Å². The topological polar surface area (TPSA) is 62.2 Å². The molecule has 1 spiro atoms. The van der Waals surface area contributed by atoms with Gasteiger partial charge >= 0.3 is 11.8 Å². The molecule has 3 aliphatic heterocycles. The van der Waals surface area contributed by atoms with E-state index in [9.17, 15) is 9.59 Å². The summed E-state index contributed by atoms with van der Waals surface area (Å²) >= 11 is 6.21.